The topological polar surface area (TPSA) is 24.5 Å². The van der Waals surface area contributed by atoms with Crippen LogP contribution in [0.2, 0.25) is 0 Å². The highest BCUT2D eigenvalue weighted by Crippen LogP contribution is 2.32. The smallest absolute Gasteiger partial charge is 0.123 e. The fraction of sp³-hybridized carbons (Fsp3) is 0.600. The van der Waals surface area contributed by atoms with Gasteiger partial charge in [-0.3, -0.25) is 4.90 Å². The molecule has 2 unspecified atom stereocenters. The van der Waals surface area contributed by atoms with Gasteiger partial charge >= 0.3 is 0 Å². The molecule has 1 aliphatic heterocycles. The van der Waals surface area contributed by atoms with Gasteiger partial charge in [-0.2, -0.15) is 11.8 Å². The number of para-hydroxylation sites is 1. The van der Waals surface area contributed by atoms with Gasteiger partial charge in [-0.05, 0) is 19.7 Å². The third-order valence-corrected chi connectivity index (χ3v) is 4.77. The van der Waals surface area contributed by atoms with Gasteiger partial charge < -0.3 is 10.1 Å². The first-order valence-electron chi connectivity index (χ1n) is 6.92. The minimum absolute atomic E-state index is 0.332. The summed E-state index contributed by atoms with van der Waals surface area (Å²) in [5.74, 6) is 3.39. The molecule has 0 amide bonds. The minimum Gasteiger partial charge on any atom is -0.496 e. The number of rotatable bonds is 5. The molecule has 1 saturated heterocycles. The summed E-state index contributed by atoms with van der Waals surface area (Å²) >= 11 is 2.05. The van der Waals surface area contributed by atoms with E-state index in [0.29, 0.717) is 12.1 Å². The van der Waals surface area contributed by atoms with E-state index in [4.69, 9.17) is 4.74 Å². The molecule has 1 heterocycles. The second-order valence-corrected chi connectivity index (χ2v) is 6.05. The van der Waals surface area contributed by atoms with Crippen LogP contribution < -0.4 is 10.1 Å². The van der Waals surface area contributed by atoms with Crippen LogP contribution in [-0.2, 0) is 0 Å². The quantitative estimate of drug-likeness (QED) is 0.895. The highest BCUT2D eigenvalue weighted by Gasteiger charge is 2.30. The van der Waals surface area contributed by atoms with E-state index < -0.39 is 0 Å². The van der Waals surface area contributed by atoms with E-state index >= 15 is 0 Å². The summed E-state index contributed by atoms with van der Waals surface area (Å²) in [5, 5.41) is 3.64. The molecule has 19 heavy (non-hydrogen) atoms. The average Bonchev–Trinajstić information content (AvgIpc) is 2.46. The number of hydrogen-bond donors (Lipinski definition) is 1. The van der Waals surface area contributed by atoms with Crippen molar-refractivity contribution >= 4 is 11.8 Å². The SMILES string of the molecule is CCNC(c1ccccc1OC)C1CSCCN1C. The van der Waals surface area contributed by atoms with Gasteiger partial charge in [-0.25, -0.2) is 0 Å². The lowest BCUT2D eigenvalue weighted by atomic mass is 9.98. The highest BCUT2D eigenvalue weighted by atomic mass is 32.2. The minimum atomic E-state index is 0.332. The summed E-state index contributed by atoms with van der Waals surface area (Å²) in [7, 11) is 3.98. The largest absolute Gasteiger partial charge is 0.496 e. The second-order valence-electron chi connectivity index (χ2n) is 4.90. The van der Waals surface area contributed by atoms with E-state index in [1.165, 1.54) is 17.1 Å². The Bertz CT molecular complexity index is 399. The lowest BCUT2D eigenvalue weighted by Gasteiger charge is -2.38. The molecule has 3 nitrogen and oxygen atoms in total. The van der Waals surface area contributed by atoms with E-state index in [0.717, 1.165) is 18.8 Å². The van der Waals surface area contributed by atoms with E-state index in [-0.39, 0.29) is 0 Å². The van der Waals surface area contributed by atoms with Crippen LogP contribution in [0.15, 0.2) is 24.3 Å². The molecule has 0 spiro atoms. The molecular formula is C15H24N2OS. The van der Waals surface area contributed by atoms with Crippen molar-refractivity contribution in [2.75, 3.05) is 38.8 Å². The lowest BCUT2D eigenvalue weighted by molar-refractivity contribution is 0.214. The van der Waals surface area contributed by atoms with Gasteiger partial charge in [0.2, 0.25) is 0 Å². The molecule has 4 heteroatoms. The van der Waals surface area contributed by atoms with Crippen molar-refractivity contribution < 1.29 is 4.74 Å². The third kappa shape index (κ3) is 3.44. The Labute approximate surface area is 120 Å². The normalized spacial score (nSPS) is 22.2. The molecule has 0 aliphatic carbocycles. The number of benzene rings is 1. The Morgan fingerprint density at radius 2 is 2.26 bits per heavy atom. The van der Waals surface area contributed by atoms with Crippen molar-refractivity contribution in [1.29, 1.82) is 0 Å². The molecule has 2 atom stereocenters. The van der Waals surface area contributed by atoms with Gasteiger partial charge in [0.05, 0.1) is 13.2 Å². The van der Waals surface area contributed by atoms with Crippen LogP contribution >= 0.6 is 11.8 Å². The summed E-state index contributed by atoms with van der Waals surface area (Å²) in [6.07, 6.45) is 0. The molecule has 1 N–H and O–H groups in total. The zero-order chi connectivity index (χ0) is 13.7. The van der Waals surface area contributed by atoms with Gasteiger partial charge in [0.1, 0.15) is 5.75 Å². The van der Waals surface area contributed by atoms with Gasteiger partial charge in [-0.1, -0.05) is 25.1 Å². The first kappa shape index (κ1) is 14.7. The molecule has 0 saturated carbocycles. The van der Waals surface area contributed by atoms with Crippen molar-refractivity contribution in [2.24, 2.45) is 0 Å². The average molecular weight is 280 g/mol. The van der Waals surface area contributed by atoms with Crippen molar-refractivity contribution in [3.63, 3.8) is 0 Å². The van der Waals surface area contributed by atoms with Crippen LogP contribution in [0.5, 0.6) is 5.75 Å². The van der Waals surface area contributed by atoms with Crippen LogP contribution in [0.1, 0.15) is 18.5 Å². The Morgan fingerprint density at radius 1 is 1.47 bits per heavy atom. The van der Waals surface area contributed by atoms with Gasteiger partial charge in [0, 0.05) is 29.7 Å². The van der Waals surface area contributed by atoms with Crippen molar-refractivity contribution in [1.82, 2.24) is 10.2 Å². The number of hydrogen-bond acceptors (Lipinski definition) is 4. The Morgan fingerprint density at radius 3 is 2.95 bits per heavy atom. The van der Waals surface area contributed by atoms with Crippen molar-refractivity contribution in [3.8, 4) is 5.75 Å². The van der Waals surface area contributed by atoms with E-state index in [1.54, 1.807) is 7.11 Å². The summed E-state index contributed by atoms with van der Waals surface area (Å²) in [4.78, 5) is 2.47. The fourth-order valence-corrected chi connectivity index (χ4v) is 3.93. The zero-order valence-electron chi connectivity index (χ0n) is 12.1. The maximum absolute atomic E-state index is 5.53. The van der Waals surface area contributed by atoms with Crippen LogP contribution in [0, 0.1) is 0 Å². The molecule has 0 aromatic heterocycles. The Hall–Kier alpha value is -0.710. The first-order valence-corrected chi connectivity index (χ1v) is 8.07. The van der Waals surface area contributed by atoms with Crippen LogP contribution in [-0.4, -0.2) is 49.7 Å². The molecule has 106 valence electrons. The lowest BCUT2D eigenvalue weighted by Crippen LogP contribution is -2.47. The predicted octanol–water partition coefficient (Wildman–Crippen LogP) is 2.39. The van der Waals surface area contributed by atoms with Gasteiger partial charge in [-0.15, -0.1) is 0 Å². The summed E-state index contributed by atoms with van der Waals surface area (Å²) in [6.45, 7) is 4.29. The van der Waals surface area contributed by atoms with Crippen LogP contribution in [0.3, 0.4) is 0 Å². The van der Waals surface area contributed by atoms with Gasteiger partial charge in [0.15, 0.2) is 0 Å². The molecule has 1 aliphatic rings. The van der Waals surface area contributed by atoms with E-state index in [2.05, 4.69) is 42.4 Å². The summed E-state index contributed by atoms with van der Waals surface area (Å²) in [6, 6.07) is 9.21. The number of likely N-dealkylation sites (N-methyl/N-ethyl adjacent to an activating group) is 2. The zero-order valence-corrected chi connectivity index (χ0v) is 12.9. The highest BCUT2D eigenvalue weighted by molar-refractivity contribution is 7.99. The first-order chi connectivity index (χ1) is 9.27. The number of methoxy groups -OCH3 is 1. The number of nitrogens with zero attached hydrogens (tertiary/aromatic N) is 1. The number of thioether (sulfide) groups is 1. The van der Waals surface area contributed by atoms with Crippen LogP contribution in [0.25, 0.3) is 0 Å². The maximum atomic E-state index is 5.53. The third-order valence-electron chi connectivity index (χ3n) is 3.73. The second kappa shape index (κ2) is 7.17. The molecule has 0 radical (unpaired) electrons. The van der Waals surface area contributed by atoms with Crippen molar-refractivity contribution in [2.45, 2.75) is 19.0 Å². The summed E-state index contributed by atoms with van der Waals surface area (Å²) in [5.41, 5.74) is 1.27. The molecule has 0 bridgehead atoms. The molecule has 1 fully saturated rings. The molecule has 1 aromatic carbocycles. The predicted molar refractivity (Wildman–Crippen MR) is 83.2 cm³/mol. The Kier molecular flexibility index (Phi) is 5.55. The van der Waals surface area contributed by atoms with E-state index in [9.17, 15) is 0 Å². The molecular weight excluding hydrogens is 256 g/mol. The number of ether oxygens (including phenoxy) is 1. The number of nitrogens with one attached hydrogen (secondary N) is 1. The standard InChI is InChI=1S/C15H24N2OS/c1-4-16-15(13-11-19-10-9-17(13)2)12-7-5-6-8-14(12)18-3/h5-8,13,15-16H,4,9-11H2,1-3H3. The van der Waals surface area contributed by atoms with E-state index in [1.807, 2.05) is 17.8 Å². The Balaban J connectivity index is 2.27. The molecule has 2 rings (SSSR count). The van der Waals surface area contributed by atoms with Crippen LogP contribution in [0.4, 0.5) is 0 Å². The monoisotopic (exact) mass is 280 g/mol. The van der Waals surface area contributed by atoms with Gasteiger partial charge in [0.25, 0.3) is 0 Å². The van der Waals surface area contributed by atoms with Crippen molar-refractivity contribution in [3.05, 3.63) is 29.8 Å². The fourth-order valence-electron chi connectivity index (χ4n) is 2.65. The summed E-state index contributed by atoms with van der Waals surface area (Å²) < 4.78 is 5.53. The molecule has 1 aromatic rings. The maximum Gasteiger partial charge on any atom is 0.123 e.